The molecule has 1 aromatic carbocycles. The summed E-state index contributed by atoms with van der Waals surface area (Å²) in [6.45, 7) is 6.81. The maximum absolute atomic E-state index is 5.65. The molecule has 1 aromatic heterocycles. The molecule has 0 spiro atoms. The van der Waals surface area contributed by atoms with Crippen molar-refractivity contribution in [1.82, 2.24) is 9.97 Å². The van der Waals surface area contributed by atoms with Crippen molar-refractivity contribution in [3.05, 3.63) is 47.2 Å². The van der Waals surface area contributed by atoms with E-state index >= 15 is 0 Å². The minimum Gasteiger partial charge on any atom is -0.475 e. The first kappa shape index (κ1) is 13.9. The van der Waals surface area contributed by atoms with Crippen molar-refractivity contribution < 1.29 is 4.74 Å². The van der Waals surface area contributed by atoms with E-state index in [9.17, 15) is 0 Å². The second kappa shape index (κ2) is 5.72. The molecule has 1 aliphatic rings. The molecular weight excluding hydrogens is 262 g/mol. The van der Waals surface area contributed by atoms with Gasteiger partial charge < -0.3 is 10.1 Å². The Hall–Kier alpha value is -2.10. The fourth-order valence-electron chi connectivity index (χ4n) is 2.68. The van der Waals surface area contributed by atoms with Crippen LogP contribution < -0.4 is 10.1 Å². The molecule has 110 valence electrons. The number of nitrogens with one attached hydrogen (secondary N) is 1. The maximum atomic E-state index is 5.65. The Balaban J connectivity index is 1.65. The first-order valence-corrected chi connectivity index (χ1v) is 7.46. The summed E-state index contributed by atoms with van der Waals surface area (Å²) >= 11 is 0. The van der Waals surface area contributed by atoms with Crippen molar-refractivity contribution in [2.45, 2.75) is 39.2 Å². The first-order chi connectivity index (χ1) is 10.1. The van der Waals surface area contributed by atoms with Crippen LogP contribution in [0, 0.1) is 6.92 Å². The molecule has 2 aromatic rings. The average molecular weight is 283 g/mol. The molecule has 1 aliphatic carbocycles. The zero-order chi connectivity index (χ0) is 14.8. The van der Waals surface area contributed by atoms with E-state index in [0.717, 1.165) is 18.7 Å². The highest BCUT2D eigenvalue weighted by atomic mass is 16.5. The molecular formula is C17H21N3O. The van der Waals surface area contributed by atoms with Gasteiger partial charge in [0, 0.05) is 24.2 Å². The van der Waals surface area contributed by atoms with Crippen molar-refractivity contribution in [3.63, 3.8) is 0 Å². The summed E-state index contributed by atoms with van der Waals surface area (Å²) in [6, 6.07) is 10.5. The van der Waals surface area contributed by atoms with Crippen molar-refractivity contribution in [2.75, 3.05) is 11.9 Å². The van der Waals surface area contributed by atoms with E-state index in [1.54, 1.807) is 0 Å². The predicted molar refractivity (Wildman–Crippen MR) is 83.9 cm³/mol. The Kier molecular flexibility index (Phi) is 3.78. The molecule has 0 radical (unpaired) electrons. The first-order valence-electron chi connectivity index (χ1n) is 7.46. The zero-order valence-corrected chi connectivity index (χ0v) is 12.8. The normalized spacial score (nSPS) is 16.3. The molecule has 0 fully saturated rings. The van der Waals surface area contributed by atoms with Gasteiger partial charge in [-0.2, -0.15) is 4.98 Å². The number of anilines is 1. The molecule has 0 aliphatic heterocycles. The summed E-state index contributed by atoms with van der Waals surface area (Å²) in [7, 11) is 0. The zero-order valence-electron chi connectivity index (χ0n) is 12.8. The molecule has 0 amide bonds. The summed E-state index contributed by atoms with van der Waals surface area (Å²) < 4.78 is 5.65. The number of benzene rings is 1. The number of ether oxygens (including phenoxy) is 1. The fourth-order valence-corrected chi connectivity index (χ4v) is 2.68. The number of fused-ring (bicyclic) bond motifs is 1. The van der Waals surface area contributed by atoms with Crippen LogP contribution in [0.4, 0.5) is 5.95 Å². The maximum Gasteiger partial charge on any atom is 0.226 e. The highest BCUT2D eigenvalue weighted by molar-refractivity contribution is 5.42. The van der Waals surface area contributed by atoms with Gasteiger partial charge in [0.2, 0.25) is 11.8 Å². The minimum absolute atomic E-state index is 0.116. The van der Waals surface area contributed by atoms with Gasteiger partial charge in [-0.15, -0.1) is 0 Å². The lowest BCUT2D eigenvalue weighted by Gasteiger charge is -2.30. The molecule has 4 nitrogen and oxygen atoms in total. The van der Waals surface area contributed by atoms with Gasteiger partial charge in [0.1, 0.15) is 0 Å². The quantitative estimate of drug-likeness (QED) is 0.914. The van der Waals surface area contributed by atoms with Crippen LogP contribution in [0.15, 0.2) is 30.3 Å². The highest BCUT2D eigenvalue weighted by Crippen LogP contribution is 2.34. The third kappa shape index (κ3) is 3.15. The molecule has 4 heteroatoms. The van der Waals surface area contributed by atoms with Gasteiger partial charge in [0.05, 0.1) is 6.10 Å². The van der Waals surface area contributed by atoms with Gasteiger partial charge >= 0.3 is 0 Å². The third-order valence-corrected chi connectivity index (χ3v) is 3.65. The van der Waals surface area contributed by atoms with Crippen molar-refractivity contribution in [1.29, 1.82) is 0 Å². The molecule has 3 rings (SSSR count). The van der Waals surface area contributed by atoms with Crippen LogP contribution in [0.3, 0.4) is 0 Å². The largest absolute Gasteiger partial charge is 0.475 e. The predicted octanol–water partition coefficient (Wildman–Crippen LogP) is 3.32. The van der Waals surface area contributed by atoms with Crippen molar-refractivity contribution in [2.24, 2.45) is 0 Å². The molecule has 0 bridgehead atoms. The van der Waals surface area contributed by atoms with Crippen LogP contribution >= 0.6 is 0 Å². The SMILES string of the molecule is Cc1cc(OC(C)C)nc(NCC2Cc3ccccc32)n1. The summed E-state index contributed by atoms with van der Waals surface area (Å²) in [5.74, 6) is 1.84. The Labute approximate surface area is 125 Å². The summed E-state index contributed by atoms with van der Waals surface area (Å²) in [6.07, 6.45) is 1.25. The van der Waals surface area contributed by atoms with Crippen LogP contribution in [-0.2, 0) is 6.42 Å². The number of hydrogen-bond donors (Lipinski definition) is 1. The number of aryl methyl sites for hydroxylation is 1. The molecule has 0 saturated heterocycles. The van der Waals surface area contributed by atoms with Gasteiger partial charge in [-0.3, -0.25) is 0 Å². The third-order valence-electron chi connectivity index (χ3n) is 3.65. The van der Waals surface area contributed by atoms with Crippen LogP contribution in [0.1, 0.15) is 36.6 Å². The smallest absolute Gasteiger partial charge is 0.226 e. The summed E-state index contributed by atoms with van der Waals surface area (Å²) in [4.78, 5) is 8.84. The van der Waals surface area contributed by atoms with Gasteiger partial charge in [0.15, 0.2) is 0 Å². The highest BCUT2D eigenvalue weighted by Gasteiger charge is 2.25. The number of aromatic nitrogens is 2. The second-order valence-electron chi connectivity index (χ2n) is 5.82. The summed E-state index contributed by atoms with van der Waals surface area (Å²) in [5.41, 5.74) is 3.81. The molecule has 1 atom stereocenters. The lowest BCUT2D eigenvalue weighted by atomic mass is 9.78. The van der Waals surface area contributed by atoms with Crippen molar-refractivity contribution >= 4 is 5.95 Å². The number of rotatable bonds is 5. The lowest BCUT2D eigenvalue weighted by molar-refractivity contribution is 0.232. The second-order valence-corrected chi connectivity index (χ2v) is 5.82. The van der Waals surface area contributed by atoms with Gasteiger partial charge in [-0.05, 0) is 38.3 Å². The molecule has 1 heterocycles. The monoisotopic (exact) mass is 283 g/mol. The van der Waals surface area contributed by atoms with Crippen molar-refractivity contribution in [3.8, 4) is 5.88 Å². The topological polar surface area (TPSA) is 47.0 Å². The lowest BCUT2D eigenvalue weighted by Crippen LogP contribution is -2.25. The summed E-state index contributed by atoms with van der Waals surface area (Å²) in [5, 5.41) is 3.34. The molecule has 21 heavy (non-hydrogen) atoms. The minimum atomic E-state index is 0.116. The number of hydrogen-bond acceptors (Lipinski definition) is 4. The van der Waals surface area contributed by atoms with E-state index in [1.165, 1.54) is 11.1 Å². The van der Waals surface area contributed by atoms with Gasteiger partial charge in [0.25, 0.3) is 0 Å². The van der Waals surface area contributed by atoms with E-state index < -0.39 is 0 Å². The van der Waals surface area contributed by atoms with Gasteiger partial charge in [-0.25, -0.2) is 4.98 Å². The average Bonchev–Trinajstić information content (AvgIpc) is 2.38. The fraction of sp³-hybridized carbons (Fsp3) is 0.412. The van der Waals surface area contributed by atoms with E-state index in [4.69, 9.17) is 4.74 Å². The Morgan fingerprint density at radius 2 is 2.10 bits per heavy atom. The molecule has 1 unspecified atom stereocenters. The van der Waals surface area contributed by atoms with E-state index in [1.807, 2.05) is 26.8 Å². The molecule has 0 saturated carbocycles. The van der Waals surface area contributed by atoms with E-state index in [-0.39, 0.29) is 6.10 Å². The Morgan fingerprint density at radius 1 is 1.29 bits per heavy atom. The Morgan fingerprint density at radius 3 is 2.86 bits per heavy atom. The van der Waals surface area contributed by atoms with E-state index in [0.29, 0.717) is 17.7 Å². The van der Waals surface area contributed by atoms with Crippen LogP contribution in [0.5, 0.6) is 5.88 Å². The van der Waals surface area contributed by atoms with Crippen LogP contribution in [0.2, 0.25) is 0 Å². The number of nitrogens with zero attached hydrogens (tertiary/aromatic N) is 2. The van der Waals surface area contributed by atoms with Crippen LogP contribution in [0.25, 0.3) is 0 Å². The van der Waals surface area contributed by atoms with Crippen LogP contribution in [-0.4, -0.2) is 22.6 Å². The Bertz CT molecular complexity index is 640. The molecule has 1 N–H and O–H groups in total. The van der Waals surface area contributed by atoms with Gasteiger partial charge in [-0.1, -0.05) is 24.3 Å². The standard InChI is InChI=1S/C17H21N3O/c1-11(2)21-16-8-12(3)19-17(20-16)18-10-14-9-13-6-4-5-7-15(13)14/h4-8,11,14H,9-10H2,1-3H3,(H,18,19,20). The van der Waals surface area contributed by atoms with E-state index in [2.05, 4.69) is 39.6 Å².